The monoisotopic (exact) mass is 160 g/mol. The summed E-state index contributed by atoms with van der Waals surface area (Å²) in [5, 5.41) is 4.70. The van der Waals surface area contributed by atoms with E-state index in [0.29, 0.717) is 5.52 Å². The van der Waals surface area contributed by atoms with Crippen LogP contribution in [0.4, 0.5) is 4.79 Å². The lowest BCUT2D eigenvalue weighted by Crippen LogP contribution is -2.20. The van der Waals surface area contributed by atoms with Crippen molar-refractivity contribution < 1.29 is 4.79 Å². The van der Waals surface area contributed by atoms with Crippen molar-refractivity contribution in [2.24, 2.45) is 5.73 Å². The molecule has 1 aromatic heterocycles. The predicted molar refractivity (Wildman–Crippen MR) is 43.6 cm³/mol. The van der Waals surface area contributed by atoms with Crippen LogP contribution in [-0.2, 0) is 0 Å². The zero-order valence-electron chi connectivity index (χ0n) is 6.19. The number of nitrogens with zero attached hydrogens (tertiary/aromatic N) is 2. The van der Waals surface area contributed by atoms with Crippen LogP contribution in [0.1, 0.15) is 0 Å². The van der Waals surface area contributed by atoms with E-state index in [1.807, 2.05) is 6.07 Å². The first kappa shape index (κ1) is 6.84. The lowest BCUT2D eigenvalue weighted by Gasteiger charge is -1.94. The lowest BCUT2D eigenvalue weighted by atomic mass is 10.3. The molecule has 2 aromatic rings. The van der Waals surface area contributed by atoms with Gasteiger partial charge in [-0.05, 0) is 12.1 Å². The maximum Gasteiger partial charge on any atom is 0.340 e. The molecule has 59 valence electrons. The number of nitrogens with two attached hydrogens (primary N) is 1. The van der Waals surface area contributed by atoms with E-state index >= 15 is 0 Å². The van der Waals surface area contributed by atoms with E-state index in [0.717, 1.165) is 10.1 Å². The molecule has 2 N–H and O–H groups in total. The zero-order valence-corrected chi connectivity index (χ0v) is 6.19. The minimum absolute atomic E-state index is 0.579. The Bertz CT molecular complexity index is 433. The third-order valence-corrected chi connectivity index (χ3v) is 1.62. The molecule has 0 saturated heterocycles. The molecule has 1 amide bonds. The predicted octanol–water partition coefficient (Wildman–Crippen LogP) is 0.763. The highest BCUT2D eigenvalue weighted by Crippen LogP contribution is 2.10. The Morgan fingerprint density at radius 1 is 1.67 bits per heavy atom. The van der Waals surface area contributed by atoms with Crippen molar-refractivity contribution in [2.75, 3.05) is 0 Å². The van der Waals surface area contributed by atoms with Gasteiger partial charge in [-0.3, -0.25) is 0 Å². The highest BCUT2D eigenvalue weighted by molar-refractivity contribution is 5.88. The molecule has 0 atom stereocenters. The van der Waals surface area contributed by atoms with Gasteiger partial charge in [0.25, 0.3) is 0 Å². The number of carbonyl (C=O) groups is 1. The molecule has 0 unspecified atom stereocenters. The van der Waals surface area contributed by atoms with Gasteiger partial charge in [-0.15, -0.1) is 0 Å². The van der Waals surface area contributed by atoms with Crippen LogP contribution in [0.25, 0.3) is 10.9 Å². The molecule has 1 aromatic carbocycles. The van der Waals surface area contributed by atoms with Crippen molar-refractivity contribution in [2.45, 2.75) is 0 Å². The molecule has 0 fully saturated rings. The van der Waals surface area contributed by atoms with Crippen LogP contribution in [-0.4, -0.2) is 15.8 Å². The largest absolute Gasteiger partial charge is 0.350 e. The summed E-state index contributed by atoms with van der Waals surface area (Å²) in [6, 6.07) is 7.52. The molecule has 0 aliphatic rings. The second-order valence-electron chi connectivity index (χ2n) is 2.38. The number of hydrogen-bond donors (Lipinski definition) is 1. The minimum atomic E-state index is -0.579. The Morgan fingerprint density at radius 2 is 2.50 bits per heavy atom. The molecular weight excluding hydrogens is 154 g/mol. The number of hydrogen-bond acceptors (Lipinski definition) is 2. The van der Waals surface area contributed by atoms with Gasteiger partial charge < -0.3 is 5.73 Å². The fraction of sp³-hybridized carbons (Fsp3) is 0. The number of primary amides is 1. The number of carbonyl (C=O) groups excluding carboxylic acids is 1. The van der Waals surface area contributed by atoms with E-state index in [2.05, 4.69) is 11.2 Å². The summed E-state index contributed by atoms with van der Waals surface area (Å²) in [6.45, 7) is 0. The van der Waals surface area contributed by atoms with Gasteiger partial charge in [0.2, 0.25) is 0 Å². The molecule has 12 heavy (non-hydrogen) atoms. The van der Waals surface area contributed by atoms with Crippen LogP contribution in [0.15, 0.2) is 24.4 Å². The van der Waals surface area contributed by atoms with Crippen molar-refractivity contribution in [3.05, 3.63) is 30.5 Å². The quantitative estimate of drug-likeness (QED) is 0.618. The lowest BCUT2D eigenvalue weighted by molar-refractivity contribution is 0.248. The molecule has 0 saturated carbocycles. The van der Waals surface area contributed by atoms with E-state index in [9.17, 15) is 4.79 Å². The van der Waals surface area contributed by atoms with Gasteiger partial charge in [0, 0.05) is 5.39 Å². The molecule has 0 spiro atoms. The molecule has 0 aliphatic heterocycles. The Hall–Kier alpha value is -1.84. The van der Waals surface area contributed by atoms with Gasteiger partial charge in [0.1, 0.15) is 0 Å². The van der Waals surface area contributed by atoms with Crippen LogP contribution in [0.2, 0.25) is 0 Å². The SMILES string of the molecule is NC(=O)n1ncc2cc[c]cc21. The van der Waals surface area contributed by atoms with E-state index in [1.54, 1.807) is 18.3 Å². The summed E-state index contributed by atoms with van der Waals surface area (Å²) >= 11 is 0. The summed E-state index contributed by atoms with van der Waals surface area (Å²) in [5.41, 5.74) is 5.76. The van der Waals surface area contributed by atoms with E-state index in [-0.39, 0.29) is 0 Å². The Morgan fingerprint density at radius 3 is 3.25 bits per heavy atom. The van der Waals surface area contributed by atoms with Crippen molar-refractivity contribution in [1.29, 1.82) is 0 Å². The van der Waals surface area contributed by atoms with Crippen LogP contribution in [0.3, 0.4) is 0 Å². The summed E-state index contributed by atoms with van der Waals surface area (Å²) in [6.07, 6.45) is 1.59. The van der Waals surface area contributed by atoms with Gasteiger partial charge in [0.15, 0.2) is 0 Å². The van der Waals surface area contributed by atoms with Gasteiger partial charge in [-0.1, -0.05) is 12.1 Å². The van der Waals surface area contributed by atoms with Crippen LogP contribution in [0.5, 0.6) is 0 Å². The molecule has 2 rings (SSSR count). The van der Waals surface area contributed by atoms with E-state index in [1.165, 1.54) is 0 Å². The Kier molecular flexibility index (Phi) is 1.33. The average molecular weight is 160 g/mol. The first-order chi connectivity index (χ1) is 5.79. The topological polar surface area (TPSA) is 60.9 Å². The summed E-state index contributed by atoms with van der Waals surface area (Å²) in [4.78, 5) is 10.8. The average Bonchev–Trinajstić information content (AvgIpc) is 2.47. The Labute approximate surface area is 68.6 Å². The van der Waals surface area contributed by atoms with Crippen molar-refractivity contribution >= 4 is 16.9 Å². The third-order valence-electron chi connectivity index (χ3n) is 1.62. The Balaban J connectivity index is 2.79. The van der Waals surface area contributed by atoms with Crippen LogP contribution in [0, 0.1) is 6.07 Å². The van der Waals surface area contributed by atoms with Crippen molar-refractivity contribution in [3.63, 3.8) is 0 Å². The normalized spacial score (nSPS) is 10.3. The van der Waals surface area contributed by atoms with Gasteiger partial charge in [-0.25, -0.2) is 4.79 Å². The highest BCUT2D eigenvalue weighted by atomic mass is 16.2. The molecule has 4 heteroatoms. The first-order valence-corrected chi connectivity index (χ1v) is 3.42. The molecule has 0 bridgehead atoms. The smallest absolute Gasteiger partial charge is 0.340 e. The van der Waals surface area contributed by atoms with Crippen LogP contribution >= 0.6 is 0 Å². The first-order valence-electron chi connectivity index (χ1n) is 3.42. The number of amides is 1. The maximum absolute atomic E-state index is 10.8. The molecule has 0 aliphatic carbocycles. The number of benzene rings is 1. The fourth-order valence-electron chi connectivity index (χ4n) is 1.08. The standard InChI is InChI=1S/C8H6N3O/c9-8(12)11-7-4-2-1-3-6(7)5-10-11/h1,3-5H,(H2,9,12). The maximum atomic E-state index is 10.8. The number of aromatic nitrogens is 2. The molecule has 4 nitrogen and oxygen atoms in total. The van der Waals surface area contributed by atoms with Gasteiger partial charge in [0.05, 0.1) is 11.7 Å². The van der Waals surface area contributed by atoms with E-state index in [4.69, 9.17) is 5.73 Å². The second kappa shape index (κ2) is 2.34. The van der Waals surface area contributed by atoms with Gasteiger partial charge in [-0.2, -0.15) is 9.78 Å². The molecular formula is C8H6N3O. The fourth-order valence-corrected chi connectivity index (χ4v) is 1.08. The van der Waals surface area contributed by atoms with Crippen molar-refractivity contribution in [1.82, 2.24) is 9.78 Å². The minimum Gasteiger partial charge on any atom is -0.350 e. The highest BCUT2D eigenvalue weighted by Gasteiger charge is 2.04. The molecule has 1 radical (unpaired) electrons. The van der Waals surface area contributed by atoms with E-state index < -0.39 is 6.03 Å². The van der Waals surface area contributed by atoms with Gasteiger partial charge >= 0.3 is 6.03 Å². The molecule has 1 heterocycles. The third kappa shape index (κ3) is 0.852. The summed E-state index contributed by atoms with van der Waals surface area (Å²) in [7, 11) is 0. The second-order valence-corrected chi connectivity index (χ2v) is 2.38. The number of fused-ring (bicyclic) bond motifs is 1. The van der Waals surface area contributed by atoms with Crippen molar-refractivity contribution in [3.8, 4) is 0 Å². The zero-order chi connectivity index (χ0) is 8.55. The summed E-state index contributed by atoms with van der Waals surface area (Å²) < 4.78 is 1.14. The summed E-state index contributed by atoms with van der Waals surface area (Å²) in [5.74, 6) is 0. The number of rotatable bonds is 0. The van der Waals surface area contributed by atoms with Crippen LogP contribution < -0.4 is 5.73 Å².